The SMILES string of the molecule is CCNC(CC(C)(C)C)c1nccn1C. The van der Waals surface area contributed by atoms with Gasteiger partial charge in [0.1, 0.15) is 5.82 Å². The molecule has 0 aliphatic heterocycles. The predicted molar refractivity (Wildman–Crippen MR) is 63.7 cm³/mol. The second-order valence-corrected chi connectivity index (χ2v) is 5.27. The molecule has 0 amide bonds. The lowest BCUT2D eigenvalue weighted by molar-refractivity contribution is 0.304. The number of nitrogens with one attached hydrogen (secondary N) is 1. The fourth-order valence-electron chi connectivity index (χ4n) is 1.83. The molecular weight excluding hydrogens is 186 g/mol. The molecule has 0 aliphatic carbocycles. The molecule has 3 nitrogen and oxygen atoms in total. The highest BCUT2D eigenvalue weighted by Crippen LogP contribution is 2.28. The van der Waals surface area contributed by atoms with Crippen molar-refractivity contribution in [1.29, 1.82) is 0 Å². The molecule has 1 aromatic heterocycles. The summed E-state index contributed by atoms with van der Waals surface area (Å²) >= 11 is 0. The first-order chi connectivity index (χ1) is 6.94. The van der Waals surface area contributed by atoms with E-state index in [2.05, 4.69) is 49.6 Å². The van der Waals surface area contributed by atoms with Gasteiger partial charge in [-0.2, -0.15) is 0 Å². The molecule has 15 heavy (non-hydrogen) atoms. The zero-order valence-electron chi connectivity index (χ0n) is 10.5. The number of nitrogens with zero attached hydrogens (tertiary/aromatic N) is 2. The Morgan fingerprint density at radius 2 is 2.13 bits per heavy atom. The fourth-order valence-corrected chi connectivity index (χ4v) is 1.83. The molecule has 0 aliphatic rings. The van der Waals surface area contributed by atoms with Gasteiger partial charge < -0.3 is 9.88 Å². The van der Waals surface area contributed by atoms with Gasteiger partial charge in [0, 0.05) is 19.4 Å². The molecule has 86 valence electrons. The van der Waals surface area contributed by atoms with Crippen LogP contribution in [0.3, 0.4) is 0 Å². The van der Waals surface area contributed by atoms with Crippen molar-refractivity contribution < 1.29 is 0 Å². The molecule has 1 N–H and O–H groups in total. The third-order valence-electron chi connectivity index (χ3n) is 2.44. The molecule has 1 aromatic rings. The molecular formula is C12H23N3. The summed E-state index contributed by atoms with van der Waals surface area (Å²) in [5.41, 5.74) is 0.318. The quantitative estimate of drug-likeness (QED) is 0.825. The van der Waals surface area contributed by atoms with E-state index in [1.165, 1.54) is 0 Å². The Kier molecular flexibility index (Phi) is 3.91. The Morgan fingerprint density at radius 1 is 1.47 bits per heavy atom. The largest absolute Gasteiger partial charge is 0.337 e. The summed E-state index contributed by atoms with van der Waals surface area (Å²) in [7, 11) is 2.05. The zero-order chi connectivity index (χ0) is 11.5. The van der Waals surface area contributed by atoms with Crippen LogP contribution in [-0.2, 0) is 7.05 Å². The number of hydrogen-bond donors (Lipinski definition) is 1. The van der Waals surface area contributed by atoms with Crippen molar-refractivity contribution in [3.05, 3.63) is 18.2 Å². The molecule has 0 saturated carbocycles. The van der Waals surface area contributed by atoms with E-state index in [0.717, 1.165) is 18.8 Å². The van der Waals surface area contributed by atoms with Crippen LogP contribution in [0.4, 0.5) is 0 Å². The number of hydrogen-bond acceptors (Lipinski definition) is 2. The number of imidazole rings is 1. The van der Waals surface area contributed by atoms with Gasteiger partial charge >= 0.3 is 0 Å². The monoisotopic (exact) mass is 209 g/mol. The Hall–Kier alpha value is -0.830. The molecule has 0 aromatic carbocycles. The number of aryl methyl sites for hydroxylation is 1. The summed E-state index contributed by atoms with van der Waals surface area (Å²) in [6, 6.07) is 0.356. The van der Waals surface area contributed by atoms with E-state index in [1.807, 2.05) is 12.4 Å². The minimum absolute atomic E-state index is 0.318. The van der Waals surface area contributed by atoms with Crippen molar-refractivity contribution in [3.8, 4) is 0 Å². The van der Waals surface area contributed by atoms with Gasteiger partial charge in [-0.15, -0.1) is 0 Å². The molecule has 0 fully saturated rings. The maximum absolute atomic E-state index is 4.42. The molecule has 1 atom stereocenters. The summed E-state index contributed by atoms with van der Waals surface area (Å²) in [5, 5.41) is 3.50. The van der Waals surface area contributed by atoms with E-state index >= 15 is 0 Å². The van der Waals surface area contributed by atoms with E-state index in [1.54, 1.807) is 0 Å². The Morgan fingerprint density at radius 3 is 2.53 bits per heavy atom. The smallest absolute Gasteiger partial charge is 0.125 e. The lowest BCUT2D eigenvalue weighted by Crippen LogP contribution is -2.27. The first-order valence-electron chi connectivity index (χ1n) is 5.64. The Balaban J connectivity index is 2.79. The fraction of sp³-hybridized carbons (Fsp3) is 0.750. The average Bonchev–Trinajstić information content (AvgIpc) is 2.48. The van der Waals surface area contributed by atoms with Crippen LogP contribution in [0.25, 0.3) is 0 Å². The van der Waals surface area contributed by atoms with Crippen LogP contribution in [0.2, 0.25) is 0 Å². The second kappa shape index (κ2) is 4.79. The second-order valence-electron chi connectivity index (χ2n) is 5.27. The van der Waals surface area contributed by atoms with Gasteiger partial charge in [0.05, 0.1) is 6.04 Å². The van der Waals surface area contributed by atoms with Crippen LogP contribution in [-0.4, -0.2) is 16.1 Å². The number of aromatic nitrogens is 2. The molecule has 1 heterocycles. The summed E-state index contributed by atoms with van der Waals surface area (Å²) in [6.07, 6.45) is 4.97. The normalized spacial score (nSPS) is 14.2. The minimum Gasteiger partial charge on any atom is -0.337 e. The van der Waals surface area contributed by atoms with Crippen LogP contribution in [0.5, 0.6) is 0 Å². The number of rotatable bonds is 4. The standard InChI is InChI=1S/C12H23N3/c1-6-13-10(9-12(2,3)4)11-14-7-8-15(11)5/h7-8,10,13H,6,9H2,1-5H3. The Labute approximate surface area is 92.9 Å². The van der Waals surface area contributed by atoms with Gasteiger partial charge in [-0.1, -0.05) is 27.7 Å². The minimum atomic E-state index is 0.318. The van der Waals surface area contributed by atoms with E-state index in [-0.39, 0.29) is 0 Å². The predicted octanol–water partition coefficient (Wildman–Crippen LogP) is 2.51. The van der Waals surface area contributed by atoms with Gasteiger partial charge in [-0.25, -0.2) is 4.98 Å². The van der Waals surface area contributed by atoms with Gasteiger partial charge in [0.25, 0.3) is 0 Å². The van der Waals surface area contributed by atoms with Gasteiger partial charge in [-0.05, 0) is 18.4 Å². The van der Waals surface area contributed by atoms with Crippen molar-refractivity contribution >= 4 is 0 Å². The highest BCUT2D eigenvalue weighted by atomic mass is 15.1. The molecule has 0 bridgehead atoms. The summed E-state index contributed by atoms with van der Waals surface area (Å²) in [4.78, 5) is 4.42. The van der Waals surface area contributed by atoms with Crippen molar-refractivity contribution in [3.63, 3.8) is 0 Å². The van der Waals surface area contributed by atoms with E-state index < -0.39 is 0 Å². The van der Waals surface area contributed by atoms with E-state index in [9.17, 15) is 0 Å². The molecule has 3 heteroatoms. The van der Waals surface area contributed by atoms with Crippen LogP contribution in [0.15, 0.2) is 12.4 Å². The van der Waals surface area contributed by atoms with E-state index in [4.69, 9.17) is 0 Å². The van der Waals surface area contributed by atoms with E-state index in [0.29, 0.717) is 11.5 Å². The van der Waals surface area contributed by atoms with Crippen molar-refractivity contribution in [1.82, 2.24) is 14.9 Å². The lowest BCUT2D eigenvalue weighted by atomic mass is 9.88. The van der Waals surface area contributed by atoms with Crippen LogP contribution in [0, 0.1) is 5.41 Å². The first-order valence-corrected chi connectivity index (χ1v) is 5.64. The summed E-state index contributed by atoms with van der Waals surface area (Å²) in [5.74, 6) is 1.13. The van der Waals surface area contributed by atoms with Crippen molar-refractivity contribution in [2.45, 2.75) is 40.2 Å². The third-order valence-corrected chi connectivity index (χ3v) is 2.44. The van der Waals surface area contributed by atoms with Crippen LogP contribution >= 0.6 is 0 Å². The lowest BCUT2D eigenvalue weighted by Gasteiger charge is -2.26. The molecule has 0 radical (unpaired) electrons. The van der Waals surface area contributed by atoms with Crippen LogP contribution < -0.4 is 5.32 Å². The maximum atomic E-state index is 4.42. The molecule has 0 spiro atoms. The van der Waals surface area contributed by atoms with Gasteiger partial charge in [0.2, 0.25) is 0 Å². The van der Waals surface area contributed by atoms with Gasteiger partial charge in [-0.3, -0.25) is 0 Å². The highest BCUT2D eigenvalue weighted by Gasteiger charge is 2.21. The Bertz CT molecular complexity index is 296. The summed E-state index contributed by atoms with van der Waals surface area (Å²) < 4.78 is 2.10. The average molecular weight is 209 g/mol. The molecule has 0 saturated heterocycles. The van der Waals surface area contributed by atoms with Crippen LogP contribution in [0.1, 0.15) is 46.0 Å². The molecule has 1 unspecified atom stereocenters. The van der Waals surface area contributed by atoms with Crippen molar-refractivity contribution in [2.75, 3.05) is 6.54 Å². The third kappa shape index (κ3) is 3.67. The highest BCUT2D eigenvalue weighted by molar-refractivity contribution is 4.99. The summed E-state index contributed by atoms with van der Waals surface area (Å²) in [6.45, 7) is 9.91. The maximum Gasteiger partial charge on any atom is 0.125 e. The van der Waals surface area contributed by atoms with Crippen molar-refractivity contribution in [2.24, 2.45) is 12.5 Å². The first kappa shape index (κ1) is 12.2. The zero-order valence-corrected chi connectivity index (χ0v) is 10.5. The van der Waals surface area contributed by atoms with Gasteiger partial charge in [0.15, 0.2) is 0 Å². The topological polar surface area (TPSA) is 29.9 Å². The molecule has 1 rings (SSSR count).